The second kappa shape index (κ2) is 7.12. The first-order valence-corrected chi connectivity index (χ1v) is 8.26. The first-order chi connectivity index (χ1) is 9.64. The van der Waals surface area contributed by atoms with Gasteiger partial charge in [-0.3, -0.25) is 4.98 Å². The Kier molecular flexibility index (Phi) is 5.47. The number of likely N-dealkylation sites (N-methyl/N-ethyl adjacent to an activating group) is 1. The highest BCUT2D eigenvalue weighted by atomic mass is 32.2. The Morgan fingerprint density at radius 1 is 1.30 bits per heavy atom. The SMILES string of the molecule is CCN(CCc1ccncc1)S(=O)(=O)N1CCOCC1. The summed E-state index contributed by atoms with van der Waals surface area (Å²) >= 11 is 0. The van der Waals surface area contributed by atoms with Gasteiger partial charge in [0.05, 0.1) is 13.2 Å². The Labute approximate surface area is 120 Å². The Morgan fingerprint density at radius 3 is 2.55 bits per heavy atom. The molecule has 2 heterocycles. The van der Waals surface area contributed by atoms with Crippen molar-refractivity contribution in [2.24, 2.45) is 0 Å². The number of hydrogen-bond donors (Lipinski definition) is 0. The summed E-state index contributed by atoms with van der Waals surface area (Å²) in [7, 11) is -3.37. The maximum Gasteiger partial charge on any atom is 0.282 e. The number of morpholine rings is 1. The zero-order chi connectivity index (χ0) is 14.4. The fraction of sp³-hybridized carbons (Fsp3) is 0.615. The summed E-state index contributed by atoms with van der Waals surface area (Å²) in [5.74, 6) is 0. The topological polar surface area (TPSA) is 62.7 Å². The minimum absolute atomic E-state index is 0.439. The minimum atomic E-state index is -3.37. The van der Waals surface area contributed by atoms with Gasteiger partial charge in [0.1, 0.15) is 0 Å². The molecular weight excluding hydrogens is 278 g/mol. The normalized spacial score (nSPS) is 17.5. The Bertz CT molecular complexity index is 501. The average molecular weight is 299 g/mol. The lowest BCUT2D eigenvalue weighted by molar-refractivity contribution is 0.0702. The van der Waals surface area contributed by atoms with Crippen LogP contribution in [0, 0.1) is 0 Å². The van der Waals surface area contributed by atoms with Gasteiger partial charge in [-0.25, -0.2) is 0 Å². The number of rotatable bonds is 6. The van der Waals surface area contributed by atoms with Crippen LogP contribution in [-0.2, 0) is 21.4 Å². The van der Waals surface area contributed by atoms with Crippen LogP contribution in [0.4, 0.5) is 0 Å². The number of nitrogens with zero attached hydrogens (tertiary/aromatic N) is 3. The molecule has 0 amide bonds. The van der Waals surface area contributed by atoms with E-state index in [9.17, 15) is 8.42 Å². The molecule has 1 saturated heterocycles. The van der Waals surface area contributed by atoms with E-state index in [2.05, 4.69) is 4.98 Å². The summed E-state index contributed by atoms with van der Waals surface area (Å²) in [5, 5.41) is 0. The van der Waals surface area contributed by atoms with Crippen molar-refractivity contribution >= 4 is 10.2 Å². The number of pyridine rings is 1. The summed E-state index contributed by atoms with van der Waals surface area (Å²) in [4.78, 5) is 3.96. The summed E-state index contributed by atoms with van der Waals surface area (Å²) < 4.78 is 33.3. The highest BCUT2D eigenvalue weighted by Crippen LogP contribution is 2.12. The highest BCUT2D eigenvalue weighted by Gasteiger charge is 2.29. The lowest BCUT2D eigenvalue weighted by Crippen LogP contribution is -2.49. The standard InChI is InChI=1S/C13H21N3O3S/c1-2-15(8-5-13-3-6-14-7-4-13)20(17,18)16-9-11-19-12-10-16/h3-4,6-7H,2,5,8-12H2,1H3. The van der Waals surface area contributed by atoms with Gasteiger partial charge in [0.15, 0.2) is 0 Å². The molecule has 6 nitrogen and oxygen atoms in total. The Balaban J connectivity index is 1.99. The fourth-order valence-corrected chi connectivity index (χ4v) is 3.77. The average Bonchev–Trinajstić information content (AvgIpc) is 2.49. The molecule has 0 unspecified atom stereocenters. The van der Waals surface area contributed by atoms with E-state index in [1.807, 2.05) is 19.1 Å². The lowest BCUT2D eigenvalue weighted by atomic mass is 10.2. The third kappa shape index (κ3) is 3.76. The third-order valence-corrected chi connectivity index (χ3v) is 5.49. The smallest absolute Gasteiger partial charge is 0.282 e. The third-order valence-electron chi connectivity index (χ3n) is 3.37. The molecule has 20 heavy (non-hydrogen) atoms. The lowest BCUT2D eigenvalue weighted by Gasteiger charge is -2.31. The van der Waals surface area contributed by atoms with E-state index in [4.69, 9.17) is 4.74 Å². The second-order valence-corrected chi connectivity index (χ2v) is 6.54. The molecule has 0 atom stereocenters. The first-order valence-electron chi connectivity index (χ1n) is 6.86. The number of hydrogen-bond acceptors (Lipinski definition) is 4. The molecule has 0 bridgehead atoms. The van der Waals surface area contributed by atoms with E-state index in [0.29, 0.717) is 45.8 Å². The van der Waals surface area contributed by atoms with Crippen LogP contribution in [0.15, 0.2) is 24.5 Å². The minimum Gasteiger partial charge on any atom is -0.379 e. The van der Waals surface area contributed by atoms with Crippen molar-refractivity contribution in [3.63, 3.8) is 0 Å². The van der Waals surface area contributed by atoms with Gasteiger partial charge in [-0.15, -0.1) is 0 Å². The molecule has 1 aliphatic rings. The van der Waals surface area contributed by atoms with E-state index in [-0.39, 0.29) is 0 Å². The monoisotopic (exact) mass is 299 g/mol. The summed E-state index contributed by atoms with van der Waals surface area (Å²) in [6.07, 6.45) is 4.14. The van der Waals surface area contributed by atoms with Gasteiger partial charge < -0.3 is 4.74 Å². The van der Waals surface area contributed by atoms with Gasteiger partial charge in [-0.05, 0) is 24.1 Å². The van der Waals surface area contributed by atoms with Crippen molar-refractivity contribution in [1.29, 1.82) is 0 Å². The molecule has 0 spiro atoms. The zero-order valence-electron chi connectivity index (χ0n) is 11.7. The molecular formula is C13H21N3O3S. The molecule has 1 aliphatic heterocycles. The molecule has 2 rings (SSSR count). The van der Waals surface area contributed by atoms with Crippen molar-refractivity contribution < 1.29 is 13.2 Å². The fourth-order valence-electron chi connectivity index (χ4n) is 2.18. The molecule has 0 aliphatic carbocycles. The molecule has 1 fully saturated rings. The van der Waals surface area contributed by atoms with Gasteiger partial charge >= 0.3 is 0 Å². The van der Waals surface area contributed by atoms with Crippen LogP contribution in [0.2, 0.25) is 0 Å². The van der Waals surface area contributed by atoms with Crippen molar-refractivity contribution in [2.45, 2.75) is 13.3 Å². The molecule has 112 valence electrons. The van der Waals surface area contributed by atoms with Crippen LogP contribution in [0.5, 0.6) is 0 Å². The summed E-state index contributed by atoms with van der Waals surface area (Å²) in [6, 6.07) is 3.82. The van der Waals surface area contributed by atoms with Crippen LogP contribution in [0.25, 0.3) is 0 Å². The van der Waals surface area contributed by atoms with E-state index in [1.165, 1.54) is 8.61 Å². The van der Waals surface area contributed by atoms with Crippen LogP contribution in [0.3, 0.4) is 0 Å². The Hall–Kier alpha value is -1.02. The first kappa shape index (κ1) is 15.4. The van der Waals surface area contributed by atoms with E-state index >= 15 is 0 Å². The van der Waals surface area contributed by atoms with Gasteiger partial charge in [0.25, 0.3) is 10.2 Å². The molecule has 0 N–H and O–H groups in total. The second-order valence-electron chi connectivity index (χ2n) is 4.62. The molecule has 0 aromatic carbocycles. The van der Waals surface area contributed by atoms with Gasteiger partial charge in [-0.2, -0.15) is 17.0 Å². The van der Waals surface area contributed by atoms with Gasteiger partial charge in [0.2, 0.25) is 0 Å². The summed E-state index contributed by atoms with van der Waals surface area (Å²) in [5.41, 5.74) is 1.09. The van der Waals surface area contributed by atoms with Crippen LogP contribution in [-0.4, -0.2) is 61.4 Å². The highest BCUT2D eigenvalue weighted by molar-refractivity contribution is 7.86. The molecule has 0 saturated carbocycles. The van der Waals surface area contributed by atoms with E-state index < -0.39 is 10.2 Å². The molecule has 7 heteroatoms. The maximum absolute atomic E-state index is 12.5. The molecule has 1 aromatic rings. The van der Waals surface area contributed by atoms with E-state index in [1.54, 1.807) is 12.4 Å². The van der Waals surface area contributed by atoms with Crippen molar-refractivity contribution in [2.75, 3.05) is 39.4 Å². The summed E-state index contributed by atoms with van der Waals surface area (Å²) in [6.45, 7) is 4.65. The van der Waals surface area contributed by atoms with Crippen molar-refractivity contribution in [1.82, 2.24) is 13.6 Å². The molecule has 0 radical (unpaired) electrons. The Morgan fingerprint density at radius 2 is 1.95 bits per heavy atom. The largest absolute Gasteiger partial charge is 0.379 e. The zero-order valence-corrected chi connectivity index (χ0v) is 12.6. The van der Waals surface area contributed by atoms with Crippen molar-refractivity contribution in [3.8, 4) is 0 Å². The predicted octanol–water partition coefficient (Wildman–Crippen LogP) is 0.523. The van der Waals surface area contributed by atoms with Crippen LogP contribution >= 0.6 is 0 Å². The predicted molar refractivity (Wildman–Crippen MR) is 76.5 cm³/mol. The van der Waals surface area contributed by atoms with E-state index in [0.717, 1.165) is 5.56 Å². The number of aromatic nitrogens is 1. The van der Waals surface area contributed by atoms with Gasteiger partial charge in [0, 0.05) is 38.6 Å². The maximum atomic E-state index is 12.5. The molecule has 1 aromatic heterocycles. The number of ether oxygens (including phenoxy) is 1. The van der Waals surface area contributed by atoms with Crippen LogP contribution in [0.1, 0.15) is 12.5 Å². The van der Waals surface area contributed by atoms with Gasteiger partial charge in [-0.1, -0.05) is 6.92 Å². The quantitative estimate of drug-likeness (QED) is 0.768. The van der Waals surface area contributed by atoms with Crippen molar-refractivity contribution in [3.05, 3.63) is 30.1 Å². The van der Waals surface area contributed by atoms with Crippen LogP contribution < -0.4 is 0 Å².